The van der Waals surface area contributed by atoms with Crippen molar-refractivity contribution < 1.29 is 9.53 Å². The summed E-state index contributed by atoms with van der Waals surface area (Å²) in [4.78, 5) is 16.4. The summed E-state index contributed by atoms with van der Waals surface area (Å²) >= 11 is 3.22. The quantitative estimate of drug-likeness (QED) is 0.801. The first-order chi connectivity index (χ1) is 10.7. The molecule has 0 unspecified atom stereocenters. The molecule has 0 saturated heterocycles. The smallest absolute Gasteiger partial charge is 0.234 e. The van der Waals surface area contributed by atoms with Crippen molar-refractivity contribution in [2.75, 3.05) is 24.8 Å². The standard InChI is InChI=1S/C16H20N2O2S2/c1-12-17-14(10-22-12)9-21-11-16(19)18-15-6-4-3-5-13(15)7-8-20-2/h3-6,10H,7-9,11H2,1-2H3,(H,18,19). The van der Waals surface area contributed by atoms with E-state index in [0.717, 1.165) is 34.1 Å². The molecule has 4 nitrogen and oxygen atoms in total. The number of anilines is 1. The zero-order valence-electron chi connectivity index (χ0n) is 12.8. The van der Waals surface area contributed by atoms with E-state index in [1.165, 1.54) is 0 Å². The predicted octanol–water partition coefficient (Wildman–Crippen LogP) is 3.51. The number of thioether (sulfide) groups is 1. The zero-order valence-corrected chi connectivity index (χ0v) is 14.4. The summed E-state index contributed by atoms with van der Waals surface area (Å²) in [5, 5.41) is 6.08. The summed E-state index contributed by atoms with van der Waals surface area (Å²) in [5.41, 5.74) is 3.01. The van der Waals surface area contributed by atoms with E-state index < -0.39 is 0 Å². The van der Waals surface area contributed by atoms with Crippen molar-refractivity contribution in [2.24, 2.45) is 0 Å². The third kappa shape index (κ3) is 5.44. The summed E-state index contributed by atoms with van der Waals surface area (Å²) in [7, 11) is 1.68. The van der Waals surface area contributed by atoms with Gasteiger partial charge in [-0.3, -0.25) is 4.79 Å². The fourth-order valence-corrected chi connectivity index (χ4v) is 3.42. The van der Waals surface area contributed by atoms with Crippen LogP contribution in [0.1, 0.15) is 16.3 Å². The number of carbonyl (C=O) groups is 1. The second-order valence-electron chi connectivity index (χ2n) is 4.80. The number of para-hydroxylation sites is 1. The molecule has 0 fully saturated rings. The van der Waals surface area contributed by atoms with E-state index in [9.17, 15) is 4.79 Å². The molecule has 0 aliphatic carbocycles. The molecule has 22 heavy (non-hydrogen) atoms. The Balaban J connectivity index is 1.81. The van der Waals surface area contributed by atoms with E-state index >= 15 is 0 Å². The van der Waals surface area contributed by atoms with Crippen molar-refractivity contribution in [3.8, 4) is 0 Å². The highest BCUT2D eigenvalue weighted by molar-refractivity contribution is 7.99. The molecule has 0 aliphatic heterocycles. The van der Waals surface area contributed by atoms with Crippen molar-refractivity contribution in [3.05, 3.63) is 45.9 Å². The van der Waals surface area contributed by atoms with Gasteiger partial charge in [0.05, 0.1) is 23.1 Å². The van der Waals surface area contributed by atoms with Crippen molar-refractivity contribution >= 4 is 34.7 Å². The topological polar surface area (TPSA) is 51.2 Å². The van der Waals surface area contributed by atoms with Gasteiger partial charge in [-0.1, -0.05) is 18.2 Å². The Labute approximate surface area is 139 Å². The maximum atomic E-state index is 12.1. The molecule has 0 spiro atoms. The molecule has 1 heterocycles. The van der Waals surface area contributed by atoms with E-state index in [2.05, 4.69) is 10.3 Å². The normalized spacial score (nSPS) is 10.6. The van der Waals surface area contributed by atoms with E-state index in [4.69, 9.17) is 4.74 Å². The second-order valence-corrected chi connectivity index (χ2v) is 6.85. The van der Waals surface area contributed by atoms with Gasteiger partial charge in [0, 0.05) is 23.9 Å². The van der Waals surface area contributed by atoms with Crippen LogP contribution in [0.3, 0.4) is 0 Å². The Morgan fingerprint density at radius 1 is 1.41 bits per heavy atom. The highest BCUT2D eigenvalue weighted by Crippen LogP contribution is 2.18. The number of hydrogen-bond acceptors (Lipinski definition) is 5. The van der Waals surface area contributed by atoms with Crippen molar-refractivity contribution in [3.63, 3.8) is 0 Å². The number of methoxy groups -OCH3 is 1. The lowest BCUT2D eigenvalue weighted by Gasteiger charge is -2.10. The lowest BCUT2D eigenvalue weighted by atomic mass is 10.1. The number of aromatic nitrogens is 1. The Kier molecular flexibility index (Phi) is 6.89. The van der Waals surface area contributed by atoms with Crippen LogP contribution in [-0.4, -0.2) is 30.4 Å². The first-order valence-electron chi connectivity index (χ1n) is 7.04. The van der Waals surface area contributed by atoms with Gasteiger partial charge < -0.3 is 10.1 Å². The number of nitrogens with zero attached hydrogens (tertiary/aromatic N) is 1. The van der Waals surface area contributed by atoms with Crippen molar-refractivity contribution in [1.29, 1.82) is 0 Å². The molecule has 1 amide bonds. The number of nitrogens with one attached hydrogen (secondary N) is 1. The minimum Gasteiger partial charge on any atom is -0.384 e. The maximum absolute atomic E-state index is 12.1. The number of aryl methyl sites for hydroxylation is 1. The van der Waals surface area contributed by atoms with Crippen molar-refractivity contribution in [1.82, 2.24) is 4.98 Å². The van der Waals surface area contributed by atoms with Crippen LogP contribution in [0.25, 0.3) is 0 Å². The van der Waals surface area contributed by atoms with Crippen LogP contribution >= 0.6 is 23.1 Å². The lowest BCUT2D eigenvalue weighted by Crippen LogP contribution is -2.15. The first-order valence-corrected chi connectivity index (χ1v) is 9.08. The largest absolute Gasteiger partial charge is 0.384 e. The van der Waals surface area contributed by atoms with Crippen LogP contribution in [0.2, 0.25) is 0 Å². The molecule has 118 valence electrons. The van der Waals surface area contributed by atoms with Gasteiger partial charge in [0.2, 0.25) is 5.91 Å². The number of hydrogen-bond donors (Lipinski definition) is 1. The highest BCUT2D eigenvalue weighted by atomic mass is 32.2. The van der Waals surface area contributed by atoms with E-state index in [0.29, 0.717) is 12.4 Å². The van der Waals surface area contributed by atoms with Crippen LogP contribution in [0.5, 0.6) is 0 Å². The number of ether oxygens (including phenoxy) is 1. The lowest BCUT2D eigenvalue weighted by molar-refractivity contribution is -0.113. The third-order valence-electron chi connectivity index (χ3n) is 3.02. The third-order valence-corrected chi connectivity index (χ3v) is 4.81. The summed E-state index contributed by atoms with van der Waals surface area (Å²) < 4.78 is 5.10. The molecular weight excluding hydrogens is 316 g/mol. The zero-order chi connectivity index (χ0) is 15.8. The van der Waals surface area contributed by atoms with E-state index in [1.54, 1.807) is 30.2 Å². The average molecular weight is 336 g/mol. The average Bonchev–Trinajstić information content (AvgIpc) is 2.92. The molecule has 0 atom stereocenters. The Morgan fingerprint density at radius 3 is 2.95 bits per heavy atom. The maximum Gasteiger partial charge on any atom is 0.234 e. The molecule has 2 rings (SSSR count). The van der Waals surface area contributed by atoms with Crippen molar-refractivity contribution in [2.45, 2.75) is 19.1 Å². The number of carbonyl (C=O) groups excluding carboxylic acids is 1. The number of benzene rings is 1. The molecule has 0 bridgehead atoms. The minimum atomic E-state index is 0.0156. The SMILES string of the molecule is COCCc1ccccc1NC(=O)CSCc1csc(C)n1. The van der Waals surface area contributed by atoms with Crippen LogP contribution in [0.15, 0.2) is 29.6 Å². The summed E-state index contributed by atoms with van der Waals surface area (Å²) in [5.74, 6) is 1.21. The molecule has 0 radical (unpaired) electrons. The summed E-state index contributed by atoms with van der Waals surface area (Å²) in [6.45, 7) is 2.63. The number of thiazole rings is 1. The molecule has 0 aliphatic rings. The van der Waals surface area contributed by atoms with Gasteiger partial charge in [-0.25, -0.2) is 4.98 Å². The van der Waals surface area contributed by atoms with Crippen LogP contribution in [0, 0.1) is 6.92 Å². The molecule has 1 aromatic carbocycles. The van der Waals surface area contributed by atoms with Gasteiger partial charge >= 0.3 is 0 Å². The van der Waals surface area contributed by atoms with Gasteiger partial charge in [-0.05, 0) is 25.0 Å². The molecule has 2 aromatic rings. The number of rotatable bonds is 8. The fraction of sp³-hybridized carbons (Fsp3) is 0.375. The summed E-state index contributed by atoms with van der Waals surface area (Å²) in [6.07, 6.45) is 0.790. The van der Waals surface area contributed by atoms with Crippen LogP contribution < -0.4 is 5.32 Å². The Hall–Kier alpha value is -1.37. The van der Waals surface area contributed by atoms with E-state index in [1.807, 2.05) is 36.6 Å². The van der Waals surface area contributed by atoms with Gasteiger partial charge in [-0.15, -0.1) is 23.1 Å². The first kappa shape index (κ1) is 17.0. The second kappa shape index (κ2) is 8.92. The molecular formula is C16H20N2O2S2. The Bertz CT molecular complexity index is 614. The molecule has 0 saturated carbocycles. The van der Waals surface area contributed by atoms with Gasteiger partial charge in [0.1, 0.15) is 0 Å². The summed E-state index contributed by atoms with van der Waals surface area (Å²) in [6, 6.07) is 7.84. The number of amides is 1. The van der Waals surface area contributed by atoms with E-state index in [-0.39, 0.29) is 5.91 Å². The molecule has 1 aromatic heterocycles. The predicted molar refractivity (Wildman–Crippen MR) is 93.7 cm³/mol. The molecule has 6 heteroatoms. The van der Waals surface area contributed by atoms with Gasteiger partial charge in [0.25, 0.3) is 0 Å². The highest BCUT2D eigenvalue weighted by Gasteiger charge is 2.07. The van der Waals surface area contributed by atoms with Crippen LogP contribution in [0.4, 0.5) is 5.69 Å². The Morgan fingerprint density at radius 2 is 2.23 bits per heavy atom. The monoisotopic (exact) mass is 336 g/mol. The van der Waals surface area contributed by atoms with Gasteiger partial charge in [-0.2, -0.15) is 0 Å². The fourth-order valence-electron chi connectivity index (χ4n) is 1.98. The minimum absolute atomic E-state index is 0.0156. The van der Waals surface area contributed by atoms with Crippen LogP contribution in [-0.2, 0) is 21.7 Å². The molecule has 1 N–H and O–H groups in total. The van der Waals surface area contributed by atoms with Gasteiger partial charge in [0.15, 0.2) is 0 Å².